The van der Waals surface area contributed by atoms with Crippen LogP contribution in [0.15, 0.2) is 18.2 Å². The second-order valence-corrected chi connectivity index (χ2v) is 14.9. The van der Waals surface area contributed by atoms with Gasteiger partial charge in [0.1, 0.15) is 11.6 Å². The number of benzene rings is 1. The van der Waals surface area contributed by atoms with Crippen molar-refractivity contribution in [2.24, 2.45) is 0 Å². The molecule has 1 nitrogen and oxygen atoms in total. The molecule has 0 amide bonds. The molecule has 0 saturated carbocycles. The quantitative estimate of drug-likeness (QED) is 0.399. The molecule has 1 aromatic carbocycles. The van der Waals surface area contributed by atoms with Crippen LogP contribution in [0.4, 0.5) is 4.39 Å². The Morgan fingerprint density at radius 3 is 2.14 bits per heavy atom. The van der Waals surface area contributed by atoms with Crippen LogP contribution >= 0.6 is 27.5 Å². The molecule has 0 unspecified atom stereocenters. The molecule has 5 heteroatoms. The van der Waals surface area contributed by atoms with E-state index in [4.69, 9.17) is 16.0 Å². The second kappa shape index (κ2) is 7.01. The molecule has 0 aliphatic carbocycles. The fourth-order valence-electron chi connectivity index (χ4n) is 3.33. The van der Waals surface area contributed by atoms with Gasteiger partial charge in [0.25, 0.3) is 8.32 Å². The van der Waals surface area contributed by atoms with Crippen LogP contribution in [0.5, 0.6) is 5.75 Å². The number of hydrogen-bond donors (Lipinski definition) is 0. The highest BCUT2D eigenvalue weighted by molar-refractivity contribution is 9.10. The van der Waals surface area contributed by atoms with Crippen molar-refractivity contribution in [1.29, 1.82) is 0 Å². The summed E-state index contributed by atoms with van der Waals surface area (Å²) in [5.74, 6) is 0.682. The average Bonchev–Trinajstić information content (AvgIpc) is 2.34. The zero-order chi connectivity index (χ0) is 16.4. The summed E-state index contributed by atoms with van der Waals surface area (Å²) in [6.45, 7) is 13.2. The normalized spacial score (nSPS) is 13.1. The van der Waals surface area contributed by atoms with E-state index < -0.39 is 8.32 Å². The minimum Gasteiger partial charge on any atom is -0.541 e. The Morgan fingerprint density at radius 2 is 1.76 bits per heavy atom. The van der Waals surface area contributed by atoms with Crippen molar-refractivity contribution in [3.8, 4) is 5.75 Å². The maximum atomic E-state index is 13.4. The largest absolute Gasteiger partial charge is 0.541 e. The monoisotopic (exact) mass is 394 g/mol. The first-order chi connectivity index (χ1) is 9.56. The summed E-state index contributed by atoms with van der Waals surface area (Å²) in [5, 5.41) is 0. The third kappa shape index (κ3) is 3.83. The van der Waals surface area contributed by atoms with Gasteiger partial charge < -0.3 is 4.43 Å². The second-order valence-electron chi connectivity index (χ2n) is 6.56. The molecule has 1 aromatic rings. The number of rotatable bonds is 6. The van der Waals surface area contributed by atoms with Crippen molar-refractivity contribution < 1.29 is 8.82 Å². The molecule has 0 aliphatic heterocycles. The van der Waals surface area contributed by atoms with Crippen molar-refractivity contribution in [3.63, 3.8) is 0 Å². The van der Waals surface area contributed by atoms with E-state index in [2.05, 4.69) is 57.5 Å². The Labute approximate surface area is 142 Å². The Bertz CT molecular complexity index is 478. The van der Waals surface area contributed by atoms with Crippen LogP contribution in [0.2, 0.25) is 11.1 Å². The van der Waals surface area contributed by atoms with Crippen molar-refractivity contribution in [1.82, 2.24) is 0 Å². The molecule has 0 atom stereocenters. The lowest BCUT2D eigenvalue weighted by molar-refractivity contribution is 0.470. The van der Waals surface area contributed by atoms with Crippen molar-refractivity contribution in [2.75, 3.05) is 0 Å². The molecule has 0 saturated heterocycles. The topological polar surface area (TPSA) is 9.23 Å². The standard InChI is InChI=1S/C16H25BrClFOSi/c1-11(2)21(12(3)4,16(5,6)17)20-15-8-7-14(19)9-13(15)10-18/h7-9,11-12H,10H2,1-6H3. The van der Waals surface area contributed by atoms with Gasteiger partial charge in [-0.25, -0.2) is 4.39 Å². The van der Waals surface area contributed by atoms with Crippen LogP contribution in [0, 0.1) is 5.82 Å². The van der Waals surface area contributed by atoms with E-state index in [1.165, 1.54) is 12.1 Å². The Kier molecular flexibility index (Phi) is 6.34. The van der Waals surface area contributed by atoms with Crippen molar-refractivity contribution in [3.05, 3.63) is 29.6 Å². The molecular formula is C16H25BrClFOSi. The van der Waals surface area contributed by atoms with E-state index in [1.54, 1.807) is 6.07 Å². The molecule has 0 N–H and O–H groups in total. The zero-order valence-corrected chi connectivity index (χ0v) is 17.0. The van der Waals surface area contributed by atoms with E-state index in [0.717, 1.165) is 0 Å². The highest BCUT2D eigenvalue weighted by Gasteiger charge is 2.55. The van der Waals surface area contributed by atoms with Crippen molar-refractivity contribution in [2.45, 2.75) is 62.5 Å². The predicted molar refractivity (Wildman–Crippen MR) is 95.5 cm³/mol. The molecule has 0 aliphatic rings. The lowest BCUT2D eigenvalue weighted by atomic mass is 10.2. The molecular weight excluding hydrogens is 371 g/mol. The molecule has 0 fully saturated rings. The summed E-state index contributed by atoms with van der Waals surface area (Å²) in [7, 11) is -2.22. The summed E-state index contributed by atoms with van der Waals surface area (Å²) >= 11 is 9.81. The van der Waals surface area contributed by atoms with Crippen LogP contribution in [-0.2, 0) is 5.88 Å². The van der Waals surface area contributed by atoms with Crippen molar-refractivity contribution >= 4 is 35.8 Å². The first kappa shape index (κ1) is 19.0. The molecule has 0 heterocycles. The van der Waals surface area contributed by atoms with Crippen LogP contribution in [0.25, 0.3) is 0 Å². The van der Waals surface area contributed by atoms with Crippen LogP contribution in [0.3, 0.4) is 0 Å². The Balaban J connectivity index is 3.37. The van der Waals surface area contributed by atoms with E-state index >= 15 is 0 Å². The fraction of sp³-hybridized carbons (Fsp3) is 0.625. The smallest absolute Gasteiger partial charge is 0.272 e. The summed E-state index contributed by atoms with van der Waals surface area (Å²) in [6.07, 6.45) is 0. The summed E-state index contributed by atoms with van der Waals surface area (Å²) in [4.78, 5) is 0. The number of hydrogen-bond acceptors (Lipinski definition) is 1. The molecule has 120 valence electrons. The highest BCUT2D eigenvalue weighted by Crippen LogP contribution is 2.46. The molecule has 1 rings (SSSR count). The predicted octanol–water partition coefficient (Wildman–Crippen LogP) is 6.42. The van der Waals surface area contributed by atoms with E-state index in [1.807, 2.05) is 0 Å². The molecule has 0 aromatic heterocycles. The fourth-order valence-corrected chi connectivity index (χ4v) is 11.9. The first-order valence-electron chi connectivity index (χ1n) is 7.28. The third-order valence-electron chi connectivity index (χ3n) is 4.09. The van der Waals surface area contributed by atoms with Crippen LogP contribution < -0.4 is 4.43 Å². The Hall–Kier alpha value is -0.0631. The summed E-state index contributed by atoms with van der Waals surface area (Å²) < 4.78 is 19.9. The number of halogens is 3. The average molecular weight is 396 g/mol. The van der Waals surface area contributed by atoms with E-state index in [-0.39, 0.29) is 15.6 Å². The van der Waals surface area contributed by atoms with E-state index in [0.29, 0.717) is 22.4 Å². The van der Waals surface area contributed by atoms with Gasteiger partial charge in [-0.15, -0.1) is 11.6 Å². The first-order valence-corrected chi connectivity index (χ1v) is 10.7. The summed E-state index contributed by atoms with van der Waals surface area (Å²) in [6, 6.07) is 4.61. The molecule has 0 radical (unpaired) electrons. The van der Waals surface area contributed by atoms with Gasteiger partial charge in [0, 0.05) is 5.56 Å². The minimum absolute atomic E-state index is 0.111. The maximum absolute atomic E-state index is 13.4. The molecule has 21 heavy (non-hydrogen) atoms. The van der Waals surface area contributed by atoms with Gasteiger partial charge >= 0.3 is 0 Å². The summed E-state index contributed by atoms with van der Waals surface area (Å²) in [5.41, 5.74) is 1.52. The Morgan fingerprint density at radius 1 is 1.24 bits per heavy atom. The van der Waals surface area contributed by atoms with Gasteiger partial charge in [-0.05, 0) is 43.1 Å². The van der Waals surface area contributed by atoms with Crippen LogP contribution in [0.1, 0.15) is 47.1 Å². The maximum Gasteiger partial charge on any atom is 0.272 e. The lowest BCUT2D eigenvalue weighted by Crippen LogP contribution is -2.61. The third-order valence-corrected chi connectivity index (χ3v) is 12.1. The van der Waals surface area contributed by atoms with Gasteiger partial charge in [-0.2, -0.15) is 0 Å². The minimum atomic E-state index is -2.22. The zero-order valence-electron chi connectivity index (χ0n) is 13.6. The molecule has 0 bridgehead atoms. The van der Waals surface area contributed by atoms with Gasteiger partial charge in [0.15, 0.2) is 0 Å². The number of alkyl halides is 2. The van der Waals surface area contributed by atoms with Gasteiger partial charge in [-0.1, -0.05) is 43.6 Å². The van der Waals surface area contributed by atoms with Gasteiger partial charge in [0.2, 0.25) is 0 Å². The van der Waals surface area contributed by atoms with Gasteiger partial charge in [-0.3, -0.25) is 0 Å². The van der Waals surface area contributed by atoms with Gasteiger partial charge in [0.05, 0.1) is 9.83 Å². The SMILES string of the molecule is CC(C)[Si](Oc1ccc(F)cc1CCl)(C(C)C)C(C)(C)Br. The lowest BCUT2D eigenvalue weighted by Gasteiger charge is -2.47. The van der Waals surface area contributed by atoms with E-state index in [9.17, 15) is 4.39 Å². The van der Waals surface area contributed by atoms with Crippen LogP contribution in [-0.4, -0.2) is 12.3 Å². The molecule has 0 spiro atoms. The highest BCUT2D eigenvalue weighted by atomic mass is 79.9.